The molecule has 2 atom stereocenters. The van der Waals surface area contributed by atoms with Crippen LogP contribution in [0.15, 0.2) is 11.4 Å². The maximum Gasteiger partial charge on any atom is 0.223 e. The summed E-state index contributed by atoms with van der Waals surface area (Å²) in [6.45, 7) is 6.98. The molecule has 1 aromatic heterocycles. The van der Waals surface area contributed by atoms with Gasteiger partial charge in [0.2, 0.25) is 5.91 Å². The van der Waals surface area contributed by atoms with Gasteiger partial charge in [-0.25, -0.2) is 0 Å². The number of amides is 1. The first-order valence-corrected chi connectivity index (χ1v) is 8.37. The van der Waals surface area contributed by atoms with Crippen LogP contribution in [-0.2, 0) is 4.79 Å². The van der Waals surface area contributed by atoms with Crippen LogP contribution in [0.4, 0.5) is 0 Å². The van der Waals surface area contributed by atoms with Gasteiger partial charge in [-0.15, -0.1) is 11.3 Å². The van der Waals surface area contributed by atoms with Crippen molar-refractivity contribution in [3.05, 3.63) is 21.9 Å². The summed E-state index contributed by atoms with van der Waals surface area (Å²) >= 11 is 1.76. The Morgan fingerprint density at radius 2 is 2.20 bits per heavy atom. The van der Waals surface area contributed by atoms with E-state index in [4.69, 9.17) is 0 Å². The van der Waals surface area contributed by atoms with Gasteiger partial charge in [0.25, 0.3) is 0 Å². The van der Waals surface area contributed by atoms with Crippen LogP contribution < -0.4 is 5.32 Å². The highest BCUT2D eigenvalue weighted by Crippen LogP contribution is 2.50. The number of hydrogen-bond donors (Lipinski definition) is 2. The minimum atomic E-state index is -0.154. The number of hydrogen-bond acceptors (Lipinski definition) is 3. The maximum absolute atomic E-state index is 12.2. The van der Waals surface area contributed by atoms with Gasteiger partial charge >= 0.3 is 0 Å². The van der Waals surface area contributed by atoms with E-state index in [1.807, 2.05) is 0 Å². The second kappa shape index (κ2) is 6.27. The molecule has 1 aliphatic rings. The first-order chi connectivity index (χ1) is 9.56. The highest BCUT2D eigenvalue weighted by atomic mass is 32.1. The van der Waals surface area contributed by atoms with Gasteiger partial charge in [-0.1, -0.05) is 13.8 Å². The Balaban J connectivity index is 1.87. The molecule has 0 bridgehead atoms. The summed E-state index contributed by atoms with van der Waals surface area (Å²) in [4.78, 5) is 13.6. The molecule has 1 aromatic rings. The van der Waals surface area contributed by atoms with Gasteiger partial charge in [-0.2, -0.15) is 0 Å². The summed E-state index contributed by atoms with van der Waals surface area (Å²) in [7, 11) is 0. The van der Waals surface area contributed by atoms with Crippen LogP contribution in [0.2, 0.25) is 0 Å². The molecular weight excluding hydrogens is 270 g/mol. The van der Waals surface area contributed by atoms with Gasteiger partial charge in [0.15, 0.2) is 0 Å². The molecule has 1 aliphatic carbocycles. The smallest absolute Gasteiger partial charge is 0.223 e. The zero-order chi connectivity index (χ0) is 14.8. The zero-order valence-electron chi connectivity index (χ0n) is 12.6. The Labute approximate surface area is 125 Å². The van der Waals surface area contributed by atoms with Gasteiger partial charge in [0, 0.05) is 28.7 Å². The van der Waals surface area contributed by atoms with E-state index in [1.165, 1.54) is 10.4 Å². The quantitative estimate of drug-likeness (QED) is 0.812. The van der Waals surface area contributed by atoms with Crippen LogP contribution in [0.1, 0.15) is 49.5 Å². The van der Waals surface area contributed by atoms with E-state index in [0.717, 1.165) is 19.3 Å². The second-order valence-electron chi connectivity index (χ2n) is 6.00. The van der Waals surface area contributed by atoms with Gasteiger partial charge in [0.05, 0.1) is 6.61 Å². The molecule has 0 aromatic carbocycles. The Morgan fingerprint density at radius 1 is 1.50 bits per heavy atom. The number of aliphatic hydroxyl groups is 1. The Kier molecular flexibility index (Phi) is 4.86. The van der Waals surface area contributed by atoms with Crippen molar-refractivity contribution < 1.29 is 9.90 Å². The summed E-state index contributed by atoms with van der Waals surface area (Å²) in [5.41, 5.74) is 1.15. The molecule has 1 fully saturated rings. The summed E-state index contributed by atoms with van der Waals surface area (Å²) in [6, 6.07) is 2.12. The molecule has 0 spiro atoms. The van der Waals surface area contributed by atoms with Crippen molar-refractivity contribution in [2.45, 2.75) is 46.0 Å². The van der Waals surface area contributed by atoms with Gasteiger partial charge in [0.1, 0.15) is 0 Å². The first kappa shape index (κ1) is 15.5. The number of nitrogens with one attached hydrogen (secondary N) is 1. The summed E-state index contributed by atoms with van der Waals surface area (Å²) in [5, 5.41) is 14.7. The minimum Gasteiger partial charge on any atom is -0.396 e. The molecule has 1 heterocycles. The third kappa shape index (κ3) is 3.07. The van der Waals surface area contributed by atoms with Crippen molar-refractivity contribution in [1.29, 1.82) is 0 Å². The zero-order valence-corrected chi connectivity index (χ0v) is 13.4. The average Bonchev–Trinajstić information content (AvgIpc) is 3.15. The number of rotatable bonds is 7. The Bertz CT molecular complexity index is 457. The lowest BCUT2D eigenvalue weighted by Crippen LogP contribution is -2.40. The monoisotopic (exact) mass is 295 g/mol. The topological polar surface area (TPSA) is 49.3 Å². The normalized spacial score (nSPS) is 21.8. The summed E-state index contributed by atoms with van der Waals surface area (Å²) in [5.74, 6) is 0.710. The van der Waals surface area contributed by atoms with Crippen molar-refractivity contribution >= 4 is 17.2 Å². The summed E-state index contributed by atoms with van der Waals surface area (Å²) < 4.78 is 0. The number of carbonyl (C=O) groups is 1. The molecule has 0 saturated heterocycles. The predicted molar refractivity (Wildman–Crippen MR) is 83.0 cm³/mol. The van der Waals surface area contributed by atoms with Crippen LogP contribution in [-0.4, -0.2) is 24.2 Å². The fourth-order valence-electron chi connectivity index (χ4n) is 2.72. The van der Waals surface area contributed by atoms with E-state index in [9.17, 15) is 9.90 Å². The molecule has 20 heavy (non-hydrogen) atoms. The second-order valence-corrected chi connectivity index (χ2v) is 6.95. The molecule has 112 valence electrons. The lowest BCUT2D eigenvalue weighted by atomic mass is 9.83. The van der Waals surface area contributed by atoms with Crippen LogP contribution >= 0.6 is 11.3 Å². The third-order valence-corrected chi connectivity index (χ3v) is 5.99. The SMILES string of the molecule is CCC(CC)(CO)CNC(=O)C1CC1c1sccc1C. The molecule has 0 radical (unpaired) electrons. The predicted octanol–water partition coefficient (Wildman–Crippen LogP) is 3.07. The molecular formula is C16H25NO2S. The highest BCUT2D eigenvalue weighted by Gasteiger charge is 2.45. The first-order valence-electron chi connectivity index (χ1n) is 7.49. The van der Waals surface area contributed by atoms with E-state index in [2.05, 4.69) is 37.5 Å². The molecule has 3 nitrogen and oxygen atoms in total. The van der Waals surface area contributed by atoms with E-state index >= 15 is 0 Å². The van der Waals surface area contributed by atoms with Crippen LogP contribution in [0.25, 0.3) is 0 Å². The highest BCUT2D eigenvalue weighted by molar-refractivity contribution is 7.10. The number of aliphatic hydroxyl groups excluding tert-OH is 1. The fraction of sp³-hybridized carbons (Fsp3) is 0.688. The van der Waals surface area contributed by atoms with Gasteiger partial charge in [-0.05, 0) is 43.2 Å². The van der Waals surface area contributed by atoms with Crippen LogP contribution in [0.3, 0.4) is 0 Å². The largest absolute Gasteiger partial charge is 0.396 e. The minimum absolute atomic E-state index is 0.137. The Hall–Kier alpha value is -0.870. The van der Waals surface area contributed by atoms with Crippen molar-refractivity contribution in [2.24, 2.45) is 11.3 Å². The summed E-state index contributed by atoms with van der Waals surface area (Å²) in [6.07, 6.45) is 2.74. The lowest BCUT2D eigenvalue weighted by Gasteiger charge is -2.29. The molecule has 0 aliphatic heterocycles. The molecule has 1 amide bonds. The number of thiophene rings is 1. The van der Waals surface area contributed by atoms with Gasteiger partial charge in [-0.3, -0.25) is 4.79 Å². The van der Waals surface area contributed by atoms with Crippen molar-refractivity contribution in [1.82, 2.24) is 5.32 Å². The van der Waals surface area contributed by atoms with Crippen molar-refractivity contribution in [2.75, 3.05) is 13.2 Å². The maximum atomic E-state index is 12.2. The van der Waals surface area contributed by atoms with E-state index in [0.29, 0.717) is 12.5 Å². The molecule has 2 rings (SSSR count). The van der Waals surface area contributed by atoms with E-state index < -0.39 is 0 Å². The third-order valence-electron chi connectivity index (χ3n) is 4.84. The average molecular weight is 295 g/mol. The number of carbonyl (C=O) groups excluding carboxylic acids is 1. The molecule has 2 unspecified atom stereocenters. The van der Waals surface area contributed by atoms with Gasteiger partial charge < -0.3 is 10.4 Å². The molecule has 2 N–H and O–H groups in total. The van der Waals surface area contributed by atoms with Crippen molar-refractivity contribution in [3.63, 3.8) is 0 Å². The van der Waals surface area contributed by atoms with Crippen LogP contribution in [0, 0.1) is 18.3 Å². The standard InChI is InChI=1S/C16H25NO2S/c1-4-16(5-2,10-18)9-17-15(19)13-8-12(13)14-11(3)6-7-20-14/h6-7,12-13,18H,4-5,8-10H2,1-3H3,(H,17,19). The van der Waals surface area contributed by atoms with E-state index in [1.54, 1.807) is 11.3 Å². The molecule has 1 saturated carbocycles. The van der Waals surface area contributed by atoms with Crippen LogP contribution in [0.5, 0.6) is 0 Å². The number of aryl methyl sites for hydroxylation is 1. The Morgan fingerprint density at radius 3 is 2.70 bits per heavy atom. The fourth-order valence-corrected chi connectivity index (χ4v) is 3.83. The van der Waals surface area contributed by atoms with E-state index in [-0.39, 0.29) is 23.8 Å². The lowest BCUT2D eigenvalue weighted by molar-refractivity contribution is -0.123. The molecule has 4 heteroatoms. The van der Waals surface area contributed by atoms with Crippen molar-refractivity contribution in [3.8, 4) is 0 Å².